The van der Waals surface area contributed by atoms with Gasteiger partial charge in [0.25, 0.3) is 0 Å². The van der Waals surface area contributed by atoms with E-state index in [-0.39, 0.29) is 57.3 Å². The molecule has 490 valence electrons. The van der Waals surface area contributed by atoms with Crippen LogP contribution in [0.15, 0.2) is 53.7 Å². The normalized spacial score (nSPS) is 34.5. The minimum atomic E-state index is -1.46. The molecule has 14 rings (SSSR count). The van der Waals surface area contributed by atoms with Gasteiger partial charge >= 0.3 is 18.0 Å². The summed E-state index contributed by atoms with van der Waals surface area (Å²) in [4.78, 5) is 44.1. The third kappa shape index (κ3) is 11.2. The lowest BCUT2D eigenvalue weighted by Crippen LogP contribution is -2.63. The van der Waals surface area contributed by atoms with Crippen LogP contribution in [0.4, 0.5) is 4.79 Å². The standard InChI is InChI=1S/C31H35NO14.C31H35NO13/c1-12-39-10-21-28(43-12)24(33)25(34)30(44-21)45-26-15-8-18-17(41-11-42-18)7-14(15)22(23-16(26)9-40-29(23)35)13-5-19(37-3)27(20(6-13)38-4)46-31(36)32-2;1-13-39-11-23-29(43-13)26(33)27(34)31(44-23)45-28-16-8-22-21(41-12-42-22)7-15(16)24(25-18(28)10-40-30(25)35)14-5-19(36-2)17(9-32-38-4)20(6-14)37-3/h5-8,12,16,21-26,28,30,33-34H,9-11H2,1-4H3,(H,32,36);5-9,13,18,23-29,31,33-34H,10-12H2,1-4H3/b;32-9+/t12?,16-,21?,22?,23-,24?,25?,26+,28?,30?;13?,18-,23?,24?,25-,26?,27?,28+,29?,31?/m00/s1. The molecular weight excluding hydrogens is 1200 g/mol. The molecule has 29 nitrogen and oxygen atoms in total. The van der Waals surface area contributed by atoms with Crippen molar-refractivity contribution in [3.05, 3.63) is 87.5 Å². The predicted octanol–water partition coefficient (Wildman–Crippen LogP) is 2.96. The number of rotatable bonds is 13. The van der Waals surface area contributed by atoms with Gasteiger partial charge in [0.15, 0.2) is 59.7 Å². The van der Waals surface area contributed by atoms with Gasteiger partial charge in [-0.1, -0.05) is 5.16 Å². The molecule has 91 heavy (non-hydrogen) atoms. The number of methoxy groups -OCH3 is 4. The molecule has 0 saturated carbocycles. The zero-order valence-electron chi connectivity index (χ0n) is 50.6. The molecule has 0 radical (unpaired) electrons. The first-order valence-electron chi connectivity index (χ1n) is 29.6. The molecule has 8 aliphatic heterocycles. The lowest BCUT2D eigenvalue weighted by atomic mass is 9.66. The van der Waals surface area contributed by atoms with Crippen molar-refractivity contribution in [2.24, 2.45) is 28.8 Å². The summed E-state index contributed by atoms with van der Waals surface area (Å²) in [6.07, 6.45) is -12.9. The van der Waals surface area contributed by atoms with Gasteiger partial charge in [-0.05, 0) is 95.8 Å². The summed E-state index contributed by atoms with van der Waals surface area (Å²) in [5.74, 6) is -1.13. The summed E-state index contributed by atoms with van der Waals surface area (Å²) in [6, 6.07) is 14.3. The minimum absolute atomic E-state index is 0.00856. The highest BCUT2D eigenvalue weighted by molar-refractivity contribution is 5.88. The number of fused-ring (bicyclic) bond motifs is 8. The smallest absolute Gasteiger partial charge is 0.412 e. The molecule has 20 atom stereocenters. The molecule has 14 unspecified atom stereocenters. The van der Waals surface area contributed by atoms with Gasteiger partial charge in [0, 0.05) is 30.7 Å². The second kappa shape index (κ2) is 25.5. The summed E-state index contributed by atoms with van der Waals surface area (Å²) in [5, 5.41) is 50.4. The van der Waals surface area contributed by atoms with Crippen molar-refractivity contribution < 1.29 is 130 Å². The first-order valence-corrected chi connectivity index (χ1v) is 29.6. The van der Waals surface area contributed by atoms with Gasteiger partial charge in [0.05, 0.1) is 90.7 Å². The third-order valence-corrected chi connectivity index (χ3v) is 18.2. The fraction of sp³-hybridized carbons (Fsp3) is 0.548. The Labute approximate surface area is 520 Å². The number of cyclic esters (lactones) is 2. The Morgan fingerprint density at radius 2 is 0.945 bits per heavy atom. The Hall–Kier alpha value is -7.52. The zero-order chi connectivity index (χ0) is 63.7. The van der Waals surface area contributed by atoms with Crippen LogP contribution in [-0.2, 0) is 61.8 Å². The van der Waals surface area contributed by atoms with Crippen molar-refractivity contribution in [1.82, 2.24) is 5.32 Å². The minimum Gasteiger partial charge on any atom is -0.496 e. The van der Waals surface area contributed by atoms with Crippen molar-refractivity contribution in [3.8, 4) is 51.7 Å². The lowest BCUT2D eigenvalue weighted by Gasteiger charge is -2.47. The van der Waals surface area contributed by atoms with Crippen molar-refractivity contribution in [3.63, 3.8) is 0 Å². The number of nitrogens with zero attached hydrogens (tertiary/aromatic N) is 1. The summed E-state index contributed by atoms with van der Waals surface area (Å²) < 4.78 is 110. The molecule has 4 aromatic rings. The van der Waals surface area contributed by atoms with Crippen molar-refractivity contribution in [2.75, 3.05) is 82.6 Å². The van der Waals surface area contributed by atoms with Crippen LogP contribution in [0.1, 0.15) is 76.8 Å². The lowest BCUT2D eigenvalue weighted by molar-refractivity contribution is -0.364. The summed E-state index contributed by atoms with van der Waals surface area (Å²) in [6.45, 7) is 3.82. The number of benzene rings is 4. The second-order valence-electron chi connectivity index (χ2n) is 23.1. The zero-order valence-corrected chi connectivity index (χ0v) is 50.6. The van der Waals surface area contributed by atoms with E-state index in [1.54, 1.807) is 38.1 Å². The number of aliphatic hydroxyl groups is 4. The number of amides is 1. The highest BCUT2D eigenvalue weighted by Crippen LogP contribution is 2.59. The maximum atomic E-state index is 13.5. The van der Waals surface area contributed by atoms with Gasteiger partial charge in [0.2, 0.25) is 19.3 Å². The molecule has 5 N–H and O–H groups in total. The van der Waals surface area contributed by atoms with Crippen LogP contribution in [-0.4, -0.2) is 201 Å². The molecule has 2 aliphatic carbocycles. The van der Waals surface area contributed by atoms with Gasteiger partial charge in [-0.3, -0.25) is 9.59 Å². The van der Waals surface area contributed by atoms with E-state index in [1.807, 2.05) is 24.3 Å². The van der Waals surface area contributed by atoms with E-state index in [0.717, 1.165) is 11.1 Å². The van der Waals surface area contributed by atoms with Crippen LogP contribution in [0.25, 0.3) is 0 Å². The van der Waals surface area contributed by atoms with Crippen LogP contribution in [0.3, 0.4) is 0 Å². The number of oxime groups is 1. The van der Waals surface area contributed by atoms with Crippen LogP contribution in [0, 0.1) is 23.7 Å². The van der Waals surface area contributed by atoms with E-state index in [0.29, 0.717) is 62.3 Å². The maximum Gasteiger partial charge on any atom is 0.412 e. The van der Waals surface area contributed by atoms with Crippen molar-refractivity contribution in [1.29, 1.82) is 0 Å². The number of nitrogens with one attached hydrogen (secondary N) is 1. The molecule has 6 fully saturated rings. The number of carbonyl (C=O) groups is 3. The molecule has 6 saturated heterocycles. The average molecular weight is 1280 g/mol. The van der Waals surface area contributed by atoms with Gasteiger partial charge < -0.3 is 121 Å². The summed E-state index contributed by atoms with van der Waals surface area (Å²) >= 11 is 0. The topological polar surface area (TPSA) is 341 Å². The Bertz CT molecular complexity index is 3390. The Kier molecular flexibility index (Phi) is 17.5. The van der Waals surface area contributed by atoms with E-state index in [1.165, 1.54) is 48.8 Å². The molecule has 29 heteroatoms. The molecule has 10 aliphatic rings. The fourth-order valence-corrected chi connectivity index (χ4v) is 14.0. The largest absolute Gasteiger partial charge is 0.496 e. The van der Waals surface area contributed by atoms with Crippen LogP contribution in [0.5, 0.6) is 51.7 Å². The number of ether oxygens (including phenoxy) is 19. The number of aliphatic hydroxyl groups excluding tert-OH is 4. The maximum absolute atomic E-state index is 13.5. The SMILES string of the molecule is CNC(=O)Oc1c(OC)cc(C2c3cc4c(cc3[C@@H](OC3OC5COC(C)OC5C(O)C3O)[C@H]3COC(=O)[C@H]23)OCO4)cc1OC.CO/N=C/c1c(OC)cc(C2c3cc4c(cc3[C@@H](OC3OC5COC(C)OC5C(O)C3O)[C@H]3COC(=O)[C@H]23)OCO4)cc1OC. The van der Waals surface area contributed by atoms with Gasteiger partial charge in [0.1, 0.15) is 67.4 Å². The molecular formula is C62H70N2O27. The van der Waals surface area contributed by atoms with Gasteiger partial charge in [-0.15, -0.1) is 0 Å². The average Bonchev–Trinajstić information content (AvgIpc) is 1.71. The highest BCUT2D eigenvalue weighted by Gasteiger charge is 2.59. The van der Waals surface area contributed by atoms with Crippen LogP contribution >= 0.6 is 0 Å². The fourth-order valence-electron chi connectivity index (χ4n) is 14.0. The molecule has 4 aromatic carbocycles. The summed E-state index contributed by atoms with van der Waals surface area (Å²) in [7, 11) is 8.78. The second-order valence-corrected chi connectivity index (χ2v) is 23.1. The summed E-state index contributed by atoms with van der Waals surface area (Å²) in [5.41, 5.74) is 4.64. The number of hydrogen-bond acceptors (Lipinski definition) is 28. The quantitative estimate of drug-likeness (QED) is 0.0730. The van der Waals surface area contributed by atoms with E-state index in [2.05, 4.69) is 10.5 Å². The Morgan fingerprint density at radius 1 is 0.538 bits per heavy atom. The molecule has 0 aromatic heterocycles. The third-order valence-electron chi connectivity index (χ3n) is 18.2. The predicted molar refractivity (Wildman–Crippen MR) is 303 cm³/mol. The highest BCUT2D eigenvalue weighted by atomic mass is 16.8. The first kappa shape index (κ1) is 62.3. The van der Waals surface area contributed by atoms with Crippen molar-refractivity contribution >= 4 is 24.2 Å². The van der Waals surface area contributed by atoms with E-state index in [4.69, 9.17) is 94.8 Å². The van der Waals surface area contributed by atoms with Crippen molar-refractivity contribution in [2.45, 2.75) is 112 Å². The number of esters is 2. The number of carbonyl (C=O) groups excluding carboxylic acids is 3. The van der Waals surface area contributed by atoms with Crippen LogP contribution < -0.4 is 47.9 Å². The molecule has 1 amide bonds. The monoisotopic (exact) mass is 1270 g/mol. The number of hydrogen-bond donors (Lipinski definition) is 5. The van der Waals surface area contributed by atoms with Crippen LogP contribution in [0.2, 0.25) is 0 Å². The van der Waals surface area contributed by atoms with Gasteiger partial charge in [-0.25, -0.2) is 4.79 Å². The van der Waals surface area contributed by atoms with E-state index in [9.17, 15) is 34.8 Å². The Balaban J connectivity index is 0.000000167. The van der Waals surface area contributed by atoms with Gasteiger partial charge in [-0.2, -0.15) is 0 Å². The van der Waals surface area contributed by atoms with E-state index >= 15 is 0 Å². The van der Waals surface area contributed by atoms with E-state index < -0.39 is 140 Å². The first-order chi connectivity index (χ1) is 44.0. The Morgan fingerprint density at radius 3 is 1.34 bits per heavy atom. The molecule has 8 heterocycles. The molecule has 0 spiro atoms. The molecule has 0 bridgehead atoms.